The minimum atomic E-state index is -0.485. The van der Waals surface area contributed by atoms with Gasteiger partial charge in [-0.3, -0.25) is 0 Å². The van der Waals surface area contributed by atoms with Crippen LogP contribution < -0.4 is 4.74 Å². The maximum atomic E-state index is 7.03. The maximum absolute atomic E-state index is 7.03. The summed E-state index contributed by atoms with van der Waals surface area (Å²) < 4.78 is 9.41. The van der Waals surface area contributed by atoms with Gasteiger partial charge in [-0.15, -0.1) is 11.3 Å². The third kappa shape index (κ3) is 4.01. The molecule has 0 bridgehead atoms. The van der Waals surface area contributed by atoms with Gasteiger partial charge in [-0.05, 0) is 57.6 Å². The minimum Gasteiger partial charge on any atom is -0.455 e. The Hall–Kier alpha value is -6.29. The van der Waals surface area contributed by atoms with Gasteiger partial charge in [-0.2, -0.15) is 0 Å². The molecule has 11 rings (SSSR count). The van der Waals surface area contributed by atoms with Crippen molar-refractivity contribution in [3.05, 3.63) is 198 Å². The monoisotopic (exact) mass is 667 g/mol. The van der Waals surface area contributed by atoms with Crippen LogP contribution in [-0.4, -0.2) is 4.98 Å². The molecule has 0 saturated heterocycles. The van der Waals surface area contributed by atoms with E-state index in [4.69, 9.17) is 9.72 Å². The van der Waals surface area contributed by atoms with Crippen LogP contribution in [0.15, 0.2) is 176 Å². The van der Waals surface area contributed by atoms with Crippen LogP contribution in [0, 0.1) is 0 Å². The zero-order valence-electron chi connectivity index (χ0n) is 27.5. The molecule has 9 aromatic rings. The number of thiophene rings is 1. The van der Waals surface area contributed by atoms with E-state index in [2.05, 4.69) is 176 Å². The fraction of sp³-hybridized carbons (Fsp3) is 0.0208. The van der Waals surface area contributed by atoms with Gasteiger partial charge >= 0.3 is 0 Å². The maximum Gasteiger partial charge on any atom is 0.150 e. The summed E-state index contributed by atoms with van der Waals surface area (Å²) in [6.45, 7) is 0. The highest BCUT2D eigenvalue weighted by Crippen LogP contribution is 2.63. The second kappa shape index (κ2) is 10.9. The highest BCUT2D eigenvalue weighted by atomic mass is 32.1. The Kier molecular flexibility index (Phi) is 6.07. The molecule has 3 heterocycles. The predicted octanol–water partition coefficient (Wildman–Crippen LogP) is 12.9. The lowest BCUT2D eigenvalue weighted by molar-refractivity contribution is 0.442. The smallest absolute Gasteiger partial charge is 0.150 e. The summed E-state index contributed by atoms with van der Waals surface area (Å²) in [7, 11) is 0. The van der Waals surface area contributed by atoms with Crippen molar-refractivity contribution in [1.82, 2.24) is 4.98 Å². The van der Waals surface area contributed by atoms with Gasteiger partial charge in [0.2, 0.25) is 0 Å². The fourth-order valence-electron chi connectivity index (χ4n) is 8.63. The van der Waals surface area contributed by atoms with Crippen molar-refractivity contribution in [2.75, 3.05) is 0 Å². The van der Waals surface area contributed by atoms with Crippen molar-refractivity contribution in [2.24, 2.45) is 0 Å². The van der Waals surface area contributed by atoms with Crippen LogP contribution >= 0.6 is 11.3 Å². The lowest BCUT2D eigenvalue weighted by atomic mass is 9.66. The van der Waals surface area contributed by atoms with Crippen molar-refractivity contribution in [3.63, 3.8) is 0 Å². The van der Waals surface area contributed by atoms with Crippen molar-refractivity contribution in [2.45, 2.75) is 5.41 Å². The average molecular weight is 668 g/mol. The molecule has 1 aliphatic heterocycles. The number of aromatic nitrogens is 1. The number of nitrogens with zero attached hydrogens (tertiary/aromatic N) is 1. The molecule has 1 aliphatic carbocycles. The van der Waals surface area contributed by atoms with E-state index >= 15 is 0 Å². The predicted molar refractivity (Wildman–Crippen MR) is 211 cm³/mol. The van der Waals surface area contributed by atoms with Gasteiger partial charge in [0.1, 0.15) is 11.5 Å². The average Bonchev–Trinajstić information content (AvgIpc) is 3.73. The fourth-order valence-corrected chi connectivity index (χ4v) is 9.85. The van der Waals surface area contributed by atoms with E-state index in [0.717, 1.165) is 44.3 Å². The van der Waals surface area contributed by atoms with Crippen LogP contribution in [-0.2, 0) is 5.41 Å². The summed E-state index contributed by atoms with van der Waals surface area (Å²) in [5.41, 5.74) is 13.5. The molecule has 238 valence electrons. The Morgan fingerprint density at radius 1 is 0.451 bits per heavy atom. The zero-order valence-corrected chi connectivity index (χ0v) is 28.3. The Morgan fingerprint density at radius 2 is 1.06 bits per heavy atom. The first-order valence-corrected chi connectivity index (χ1v) is 18.2. The van der Waals surface area contributed by atoms with Gasteiger partial charge in [0, 0.05) is 37.7 Å². The Bertz CT molecular complexity index is 2730. The number of benzene rings is 7. The standard InChI is InChI=1S/C48H29NOS/c1-3-14-30(15-4-1)32-28-41(31-16-5-2-6-17-31)49-42(29-32)35-20-13-25-44-45(35)36-26-27-40-46(47(36)51-44)50-43-24-12-11-23-39(43)48(40)37-21-9-7-18-33(37)34-19-8-10-22-38(34)48/h1-29H. The van der Waals surface area contributed by atoms with Gasteiger partial charge in [0.25, 0.3) is 0 Å². The lowest BCUT2D eigenvalue weighted by Crippen LogP contribution is -2.32. The molecular weight excluding hydrogens is 639 g/mol. The molecule has 2 aliphatic rings. The van der Waals surface area contributed by atoms with E-state index in [1.807, 2.05) is 11.3 Å². The number of rotatable bonds is 3. The van der Waals surface area contributed by atoms with Gasteiger partial charge in [-0.1, -0.05) is 152 Å². The van der Waals surface area contributed by atoms with E-state index in [-0.39, 0.29) is 0 Å². The van der Waals surface area contributed by atoms with Crippen LogP contribution in [0.25, 0.3) is 64.9 Å². The summed E-state index contributed by atoms with van der Waals surface area (Å²) in [6, 6.07) is 63.3. The van der Waals surface area contributed by atoms with E-state index in [1.54, 1.807) is 0 Å². The summed E-state index contributed by atoms with van der Waals surface area (Å²) in [5.74, 6) is 1.85. The largest absolute Gasteiger partial charge is 0.455 e. The molecule has 0 atom stereocenters. The van der Waals surface area contributed by atoms with Gasteiger partial charge < -0.3 is 4.74 Å². The quantitative estimate of drug-likeness (QED) is 0.187. The van der Waals surface area contributed by atoms with E-state index in [1.165, 1.54) is 54.4 Å². The van der Waals surface area contributed by atoms with Crippen LogP contribution in [0.5, 0.6) is 11.5 Å². The Morgan fingerprint density at radius 3 is 1.80 bits per heavy atom. The van der Waals surface area contributed by atoms with Crippen LogP contribution in [0.1, 0.15) is 22.3 Å². The molecule has 2 nitrogen and oxygen atoms in total. The zero-order chi connectivity index (χ0) is 33.5. The lowest BCUT2D eigenvalue weighted by Gasteiger charge is -2.39. The molecule has 0 radical (unpaired) electrons. The van der Waals surface area contributed by atoms with Crippen molar-refractivity contribution in [3.8, 4) is 56.3 Å². The number of hydrogen-bond acceptors (Lipinski definition) is 3. The molecule has 2 aromatic heterocycles. The first kappa shape index (κ1) is 28.5. The third-order valence-electron chi connectivity index (χ3n) is 10.8. The van der Waals surface area contributed by atoms with E-state index in [0.29, 0.717) is 0 Å². The number of fused-ring (bicyclic) bond motifs is 13. The van der Waals surface area contributed by atoms with Crippen molar-refractivity contribution < 1.29 is 4.74 Å². The number of ether oxygens (including phenoxy) is 1. The van der Waals surface area contributed by atoms with Crippen molar-refractivity contribution >= 4 is 31.5 Å². The molecule has 1 spiro atoms. The summed E-state index contributed by atoms with van der Waals surface area (Å²) in [4.78, 5) is 5.33. The van der Waals surface area contributed by atoms with Crippen LogP contribution in [0.3, 0.4) is 0 Å². The molecule has 0 amide bonds. The molecule has 0 unspecified atom stereocenters. The van der Waals surface area contributed by atoms with E-state index < -0.39 is 5.41 Å². The second-order valence-corrected chi connectivity index (χ2v) is 14.4. The van der Waals surface area contributed by atoms with Crippen LogP contribution in [0.4, 0.5) is 0 Å². The number of para-hydroxylation sites is 1. The van der Waals surface area contributed by atoms with E-state index in [9.17, 15) is 0 Å². The first-order valence-electron chi connectivity index (χ1n) is 17.4. The molecular formula is C48H29NOS. The molecule has 3 heteroatoms. The van der Waals surface area contributed by atoms with Crippen molar-refractivity contribution in [1.29, 1.82) is 0 Å². The van der Waals surface area contributed by atoms with Gasteiger partial charge in [0.05, 0.1) is 21.5 Å². The summed E-state index contributed by atoms with van der Waals surface area (Å²) in [5, 5.41) is 2.40. The molecule has 0 saturated carbocycles. The molecule has 7 aromatic carbocycles. The highest BCUT2D eigenvalue weighted by molar-refractivity contribution is 7.26. The van der Waals surface area contributed by atoms with Gasteiger partial charge in [0.15, 0.2) is 0 Å². The SMILES string of the molecule is c1ccc(-c2cc(-c3ccccc3)nc(-c3cccc4sc5c6c(ccc5c34)C3(c4ccccc4O6)c4ccccc4-c4ccccc43)c2)cc1. The normalized spacial score (nSPS) is 13.4. The Labute approximate surface area is 299 Å². The molecule has 0 fully saturated rings. The van der Waals surface area contributed by atoms with Gasteiger partial charge in [-0.25, -0.2) is 4.98 Å². The summed E-state index contributed by atoms with van der Waals surface area (Å²) >= 11 is 1.81. The minimum absolute atomic E-state index is 0.485. The third-order valence-corrected chi connectivity index (χ3v) is 11.9. The second-order valence-electron chi connectivity index (χ2n) is 13.4. The Balaban J connectivity index is 1.19. The van der Waals surface area contributed by atoms with Crippen LogP contribution in [0.2, 0.25) is 0 Å². The highest BCUT2D eigenvalue weighted by Gasteiger charge is 2.51. The summed E-state index contributed by atoms with van der Waals surface area (Å²) in [6.07, 6.45) is 0. The first-order chi connectivity index (χ1) is 25.3. The number of hydrogen-bond donors (Lipinski definition) is 0. The number of pyridine rings is 1. The molecule has 0 N–H and O–H groups in total. The molecule has 51 heavy (non-hydrogen) atoms. The topological polar surface area (TPSA) is 22.1 Å².